The maximum atomic E-state index is 12.4. The molecule has 1 amide bonds. The number of nitrogens with zero attached hydrogens (tertiary/aromatic N) is 1. The molecule has 0 aliphatic rings. The Hall–Kier alpha value is -1.30. The van der Waals surface area contributed by atoms with Crippen LogP contribution < -0.4 is 10.6 Å². The van der Waals surface area contributed by atoms with Crippen molar-refractivity contribution in [3.63, 3.8) is 0 Å². The number of pyridine rings is 1. The second-order valence-electron chi connectivity index (χ2n) is 4.14. The van der Waals surface area contributed by atoms with Crippen LogP contribution in [0.5, 0.6) is 0 Å². The van der Waals surface area contributed by atoms with Gasteiger partial charge in [-0.3, -0.25) is 4.79 Å². The van der Waals surface area contributed by atoms with E-state index in [1.807, 2.05) is 6.92 Å². The van der Waals surface area contributed by atoms with Gasteiger partial charge in [0.2, 0.25) is 0 Å². The fourth-order valence-corrected chi connectivity index (χ4v) is 2.39. The van der Waals surface area contributed by atoms with Crippen LogP contribution in [0.1, 0.15) is 17.3 Å². The van der Waals surface area contributed by atoms with Crippen molar-refractivity contribution in [3.05, 3.63) is 50.5 Å². The molecule has 0 aliphatic carbocycles. The van der Waals surface area contributed by atoms with Gasteiger partial charge in [0, 0.05) is 17.2 Å². The molecule has 0 saturated heterocycles. The molecule has 0 bridgehead atoms. The monoisotopic (exact) mass is 387 g/mol. The number of carbonyl (C=O) groups is 1. The Kier molecular flexibility index (Phi) is 5.45. The van der Waals surface area contributed by atoms with Crippen molar-refractivity contribution in [2.24, 2.45) is 0 Å². The molecule has 2 N–H and O–H groups in total. The first-order chi connectivity index (χ1) is 10.0. The highest BCUT2D eigenvalue weighted by molar-refractivity contribution is 9.10. The van der Waals surface area contributed by atoms with Crippen LogP contribution in [-0.2, 0) is 0 Å². The molecule has 1 aromatic heterocycles. The van der Waals surface area contributed by atoms with E-state index in [0.717, 1.165) is 0 Å². The van der Waals surface area contributed by atoms with Crippen molar-refractivity contribution < 1.29 is 4.79 Å². The average molecular weight is 389 g/mol. The topological polar surface area (TPSA) is 54.0 Å². The summed E-state index contributed by atoms with van der Waals surface area (Å²) in [6.45, 7) is 2.59. The van der Waals surface area contributed by atoms with Crippen LogP contribution in [0, 0.1) is 0 Å². The molecule has 0 aliphatic heterocycles. The van der Waals surface area contributed by atoms with Gasteiger partial charge in [-0.15, -0.1) is 0 Å². The molecule has 1 aromatic carbocycles. The summed E-state index contributed by atoms with van der Waals surface area (Å²) >= 11 is 15.3. The lowest BCUT2D eigenvalue weighted by atomic mass is 10.2. The van der Waals surface area contributed by atoms with Gasteiger partial charge in [0.25, 0.3) is 5.91 Å². The lowest BCUT2D eigenvalue weighted by Crippen LogP contribution is -2.16. The van der Waals surface area contributed by atoms with Crippen LogP contribution in [0.2, 0.25) is 10.0 Å². The number of amides is 1. The van der Waals surface area contributed by atoms with Crippen molar-refractivity contribution in [2.45, 2.75) is 6.92 Å². The van der Waals surface area contributed by atoms with Gasteiger partial charge in [-0.1, -0.05) is 29.3 Å². The van der Waals surface area contributed by atoms with Gasteiger partial charge in [0.1, 0.15) is 5.82 Å². The minimum atomic E-state index is -0.316. The lowest BCUT2D eigenvalue weighted by molar-refractivity contribution is 0.102. The Bertz CT molecular complexity index is 679. The fraction of sp³-hybridized carbons (Fsp3) is 0.143. The Labute approximate surface area is 141 Å². The Balaban J connectivity index is 2.32. The molecule has 0 atom stereocenters. The second kappa shape index (κ2) is 7.11. The summed E-state index contributed by atoms with van der Waals surface area (Å²) in [5, 5.41) is 6.47. The summed E-state index contributed by atoms with van der Waals surface area (Å²) in [5.41, 5.74) is 0.874. The summed E-state index contributed by atoms with van der Waals surface area (Å²) in [6.07, 6.45) is 1.63. The summed E-state index contributed by atoms with van der Waals surface area (Å²) in [6, 6.07) is 6.75. The van der Waals surface area contributed by atoms with Crippen LogP contribution >= 0.6 is 39.1 Å². The number of benzene rings is 1. The molecule has 0 fully saturated rings. The standard InChI is InChI=1S/C14H12BrCl2N3O/c1-2-18-13-9(6-8(15)7-19-13)14(21)20-11-5-3-4-10(16)12(11)17/h3-7H,2H2,1H3,(H,18,19)(H,20,21). The molecule has 2 aromatic rings. The quantitative estimate of drug-likeness (QED) is 0.788. The number of nitrogens with one attached hydrogen (secondary N) is 2. The molecule has 0 saturated carbocycles. The molecule has 7 heteroatoms. The van der Waals surface area contributed by atoms with E-state index in [-0.39, 0.29) is 5.91 Å². The van der Waals surface area contributed by atoms with Gasteiger partial charge in [0.15, 0.2) is 0 Å². The smallest absolute Gasteiger partial charge is 0.259 e. The van der Waals surface area contributed by atoms with Gasteiger partial charge in [0.05, 0.1) is 21.3 Å². The SMILES string of the molecule is CCNc1ncc(Br)cc1C(=O)Nc1cccc(Cl)c1Cl. The van der Waals surface area contributed by atoms with E-state index in [9.17, 15) is 4.79 Å². The van der Waals surface area contributed by atoms with Gasteiger partial charge >= 0.3 is 0 Å². The predicted molar refractivity (Wildman–Crippen MR) is 90.5 cm³/mol. The van der Waals surface area contributed by atoms with Crippen molar-refractivity contribution >= 4 is 56.5 Å². The largest absolute Gasteiger partial charge is 0.370 e. The molecule has 110 valence electrons. The number of carbonyl (C=O) groups excluding carboxylic acids is 1. The first-order valence-corrected chi connectivity index (χ1v) is 7.72. The molecular formula is C14H12BrCl2N3O. The van der Waals surface area contributed by atoms with Gasteiger partial charge < -0.3 is 10.6 Å². The van der Waals surface area contributed by atoms with Gasteiger partial charge in [-0.2, -0.15) is 0 Å². The van der Waals surface area contributed by atoms with Gasteiger partial charge in [-0.25, -0.2) is 4.98 Å². The second-order valence-corrected chi connectivity index (χ2v) is 5.84. The summed E-state index contributed by atoms with van der Waals surface area (Å²) in [4.78, 5) is 16.6. The third-order valence-corrected chi connectivity index (χ3v) is 3.90. The van der Waals surface area contributed by atoms with Crippen molar-refractivity contribution in [3.8, 4) is 0 Å². The first kappa shape index (κ1) is 16.1. The zero-order chi connectivity index (χ0) is 15.4. The average Bonchev–Trinajstić information content (AvgIpc) is 2.46. The summed E-state index contributed by atoms with van der Waals surface area (Å²) < 4.78 is 0.714. The zero-order valence-electron chi connectivity index (χ0n) is 11.1. The molecule has 21 heavy (non-hydrogen) atoms. The van der Waals surface area contributed by atoms with Gasteiger partial charge in [-0.05, 0) is 41.1 Å². The molecule has 4 nitrogen and oxygen atoms in total. The Morgan fingerprint density at radius 2 is 2.14 bits per heavy atom. The maximum Gasteiger partial charge on any atom is 0.259 e. The first-order valence-electron chi connectivity index (χ1n) is 6.17. The van der Waals surface area contributed by atoms with Crippen LogP contribution in [0.4, 0.5) is 11.5 Å². The van der Waals surface area contributed by atoms with E-state index < -0.39 is 0 Å². The Morgan fingerprint density at radius 3 is 2.86 bits per heavy atom. The minimum absolute atomic E-state index is 0.306. The van der Waals surface area contributed by atoms with Crippen molar-refractivity contribution in [1.82, 2.24) is 4.98 Å². The highest BCUT2D eigenvalue weighted by atomic mass is 79.9. The highest BCUT2D eigenvalue weighted by Crippen LogP contribution is 2.30. The van der Waals surface area contributed by atoms with E-state index in [4.69, 9.17) is 23.2 Å². The van der Waals surface area contributed by atoms with Crippen molar-refractivity contribution in [1.29, 1.82) is 0 Å². The number of hydrogen-bond donors (Lipinski definition) is 2. The van der Waals surface area contributed by atoms with Crippen LogP contribution in [-0.4, -0.2) is 17.4 Å². The van der Waals surface area contributed by atoms with E-state index in [2.05, 4.69) is 31.5 Å². The number of halogens is 3. The number of anilines is 2. The molecule has 2 rings (SSSR count). The fourth-order valence-electron chi connectivity index (χ4n) is 1.71. The predicted octanol–water partition coefficient (Wildman–Crippen LogP) is 4.84. The summed E-state index contributed by atoms with van der Waals surface area (Å²) in [5.74, 6) is 0.195. The maximum absolute atomic E-state index is 12.4. The minimum Gasteiger partial charge on any atom is -0.370 e. The number of aromatic nitrogens is 1. The lowest BCUT2D eigenvalue weighted by Gasteiger charge is -2.12. The third kappa shape index (κ3) is 3.87. The summed E-state index contributed by atoms with van der Waals surface area (Å²) in [7, 11) is 0. The highest BCUT2D eigenvalue weighted by Gasteiger charge is 2.15. The molecule has 0 spiro atoms. The molecule has 0 unspecified atom stereocenters. The third-order valence-electron chi connectivity index (χ3n) is 2.64. The Morgan fingerprint density at radius 1 is 1.38 bits per heavy atom. The molecular weight excluding hydrogens is 377 g/mol. The van der Waals surface area contributed by atoms with E-state index >= 15 is 0 Å². The van der Waals surface area contributed by atoms with E-state index in [0.29, 0.717) is 38.1 Å². The normalized spacial score (nSPS) is 10.3. The van der Waals surface area contributed by atoms with Crippen LogP contribution in [0.25, 0.3) is 0 Å². The van der Waals surface area contributed by atoms with Crippen LogP contribution in [0.3, 0.4) is 0 Å². The van der Waals surface area contributed by atoms with E-state index in [1.54, 1.807) is 30.5 Å². The number of hydrogen-bond acceptors (Lipinski definition) is 3. The molecule has 1 heterocycles. The molecule has 0 radical (unpaired) electrons. The zero-order valence-corrected chi connectivity index (χ0v) is 14.2. The van der Waals surface area contributed by atoms with Crippen LogP contribution in [0.15, 0.2) is 34.9 Å². The van der Waals surface area contributed by atoms with E-state index in [1.165, 1.54) is 0 Å². The number of rotatable bonds is 4. The van der Waals surface area contributed by atoms with Crippen molar-refractivity contribution in [2.75, 3.05) is 17.2 Å².